The predicted molar refractivity (Wildman–Crippen MR) is 58.1 cm³/mol. The molecule has 0 aromatic heterocycles. The summed E-state index contributed by atoms with van der Waals surface area (Å²) < 4.78 is 0. The Balaban J connectivity index is 2.48. The van der Waals surface area contributed by atoms with Crippen molar-refractivity contribution in [2.24, 2.45) is 0 Å². The fraction of sp³-hybridized carbons (Fsp3) is 0.900. The highest BCUT2D eigenvalue weighted by Crippen LogP contribution is 2.22. The van der Waals surface area contributed by atoms with Crippen molar-refractivity contribution in [2.75, 3.05) is 12.3 Å². The molecule has 0 aromatic rings. The van der Waals surface area contributed by atoms with Gasteiger partial charge in [0.15, 0.2) is 0 Å². The van der Waals surface area contributed by atoms with Crippen molar-refractivity contribution in [1.82, 2.24) is 4.90 Å². The summed E-state index contributed by atoms with van der Waals surface area (Å²) >= 11 is 4.04. The second-order valence-electron chi connectivity index (χ2n) is 3.63. The first-order valence-corrected chi connectivity index (χ1v) is 5.83. The SMILES string of the molecule is CCN(C(=O)CS)C1CCCCC1. The van der Waals surface area contributed by atoms with Gasteiger partial charge < -0.3 is 4.90 Å². The molecule has 0 aromatic carbocycles. The standard InChI is InChI=1S/C10H19NOS/c1-2-11(10(12)8-13)9-6-4-3-5-7-9/h9,13H,2-8H2,1H3. The van der Waals surface area contributed by atoms with E-state index >= 15 is 0 Å². The third-order valence-electron chi connectivity index (χ3n) is 2.81. The van der Waals surface area contributed by atoms with Crippen LogP contribution in [0.2, 0.25) is 0 Å². The van der Waals surface area contributed by atoms with E-state index in [4.69, 9.17) is 0 Å². The molecule has 0 bridgehead atoms. The molecule has 1 saturated carbocycles. The molecule has 1 rings (SSSR count). The topological polar surface area (TPSA) is 20.3 Å². The van der Waals surface area contributed by atoms with Crippen LogP contribution >= 0.6 is 12.6 Å². The summed E-state index contributed by atoms with van der Waals surface area (Å²) in [7, 11) is 0. The number of thiol groups is 1. The predicted octanol–water partition coefficient (Wildman–Crippen LogP) is 2.10. The van der Waals surface area contributed by atoms with Crippen LogP contribution in [0.25, 0.3) is 0 Å². The number of nitrogens with zero attached hydrogens (tertiary/aromatic N) is 1. The number of amides is 1. The lowest BCUT2D eigenvalue weighted by molar-refractivity contribution is -0.131. The number of carbonyl (C=O) groups excluding carboxylic acids is 1. The molecule has 0 unspecified atom stereocenters. The van der Waals surface area contributed by atoms with Crippen molar-refractivity contribution in [3.8, 4) is 0 Å². The lowest BCUT2D eigenvalue weighted by Gasteiger charge is -2.33. The monoisotopic (exact) mass is 201 g/mol. The first-order valence-electron chi connectivity index (χ1n) is 5.20. The third kappa shape index (κ3) is 2.90. The molecule has 0 aliphatic heterocycles. The van der Waals surface area contributed by atoms with Crippen molar-refractivity contribution in [3.63, 3.8) is 0 Å². The second kappa shape index (κ2) is 5.53. The normalized spacial score (nSPS) is 18.6. The number of hydrogen-bond acceptors (Lipinski definition) is 2. The van der Waals surface area contributed by atoms with Gasteiger partial charge in [-0.3, -0.25) is 4.79 Å². The molecule has 1 aliphatic carbocycles. The summed E-state index contributed by atoms with van der Waals surface area (Å²) in [4.78, 5) is 13.5. The van der Waals surface area contributed by atoms with Crippen LogP contribution in [0.1, 0.15) is 39.0 Å². The highest BCUT2D eigenvalue weighted by atomic mass is 32.1. The fourth-order valence-electron chi connectivity index (χ4n) is 2.12. The summed E-state index contributed by atoms with van der Waals surface area (Å²) in [6, 6.07) is 0.499. The van der Waals surface area contributed by atoms with Crippen LogP contribution in [0, 0.1) is 0 Å². The van der Waals surface area contributed by atoms with Gasteiger partial charge in [0.25, 0.3) is 0 Å². The van der Waals surface area contributed by atoms with Gasteiger partial charge in [-0.25, -0.2) is 0 Å². The zero-order chi connectivity index (χ0) is 9.68. The Morgan fingerprint density at radius 2 is 2.00 bits per heavy atom. The third-order valence-corrected chi connectivity index (χ3v) is 3.08. The molecule has 13 heavy (non-hydrogen) atoms. The molecule has 1 amide bonds. The van der Waals surface area contributed by atoms with E-state index in [0.717, 1.165) is 6.54 Å². The van der Waals surface area contributed by atoms with Crippen molar-refractivity contribution in [1.29, 1.82) is 0 Å². The Bertz CT molecular complexity index is 166. The summed E-state index contributed by atoms with van der Waals surface area (Å²) in [5.41, 5.74) is 0. The van der Waals surface area contributed by atoms with Crippen molar-refractivity contribution < 1.29 is 4.79 Å². The lowest BCUT2D eigenvalue weighted by Crippen LogP contribution is -2.41. The Morgan fingerprint density at radius 3 is 2.46 bits per heavy atom. The molecule has 0 spiro atoms. The fourth-order valence-corrected chi connectivity index (χ4v) is 2.30. The summed E-state index contributed by atoms with van der Waals surface area (Å²) in [5.74, 6) is 0.544. The van der Waals surface area contributed by atoms with Crippen LogP contribution in [0.5, 0.6) is 0 Å². The van der Waals surface area contributed by atoms with E-state index < -0.39 is 0 Å². The molecule has 3 heteroatoms. The minimum atomic E-state index is 0.192. The van der Waals surface area contributed by atoms with Crippen LogP contribution in [-0.2, 0) is 4.79 Å². The first kappa shape index (κ1) is 10.9. The van der Waals surface area contributed by atoms with E-state index in [0.29, 0.717) is 11.8 Å². The zero-order valence-electron chi connectivity index (χ0n) is 8.33. The van der Waals surface area contributed by atoms with Crippen molar-refractivity contribution in [2.45, 2.75) is 45.1 Å². The highest BCUT2D eigenvalue weighted by molar-refractivity contribution is 7.81. The smallest absolute Gasteiger partial charge is 0.232 e. The zero-order valence-corrected chi connectivity index (χ0v) is 9.22. The van der Waals surface area contributed by atoms with Gasteiger partial charge in [-0.05, 0) is 19.8 Å². The number of rotatable bonds is 3. The van der Waals surface area contributed by atoms with E-state index in [2.05, 4.69) is 19.6 Å². The first-order chi connectivity index (χ1) is 6.29. The van der Waals surface area contributed by atoms with E-state index in [1.54, 1.807) is 0 Å². The van der Waals surface area contributed by atoms with E-state index in [1.807, 2.05) is 4.90 Å². The Hall–Kier alpha value is -0.180. The minimum Gasteiger partial charge on any atom is -0.339 e. The number of carbonyl (C=O) groups is 1. The van der Waals surface area contributed by atoms with Crippen LogP contribution in [0.15, 0.2) is 0 Å². The molecule has 0 N–H and O–H groups in total. The Kier molecular flexibility index (Phi) is 4.64. The maximum atomic E-state index is 11.5. The highest BCUT2D eigenvalue weighted by Gasteiger charge is 2.22. The molecular weight excluding hydrogens is 182 g/mol. The van der Waals surface area contributed by atoms with Gasteiger partial charge in [0, 0.05) is 12.6 Å². The van der Waals surface area contributed by atoms with Gasteiger partial charge in [0.1, 0.15) is 0 Å². The van der Waals surface area contributed by atoms with Gasteiger partial charge in [-0.2, -0.15) is 12.6 Å². The van der Waals surface area contributed by atoms with Gasteiger partial charge in [-0.1, -0.05) is 19.3 Å². The Morgan fingerprint density at radius 1 is 1.38 bits per heavy atom. The quantitative estimate of drug-likeness (QED) is 0.693. The average molecular weight is 201 g/mol. The van der Waals surface area contributed by atoms with E-state index in [1.165, 1.54) is 32.1 Å². The van der Waals surface area contributed by atoms with Gasteiger partial charge >= 0.3 is 0 Å². The Labute approximate surface area is 86.1 Å². The van der Waals surface area contributed by atoms with E-state index in [-0.39, 0.29) is 5.91 Å². The molecule has 0 radical (unpaired) electrons. The van der Waals surface area contributed by atoms with Crippen LogP contribution in [0.4, 0.5) is 0 Å². The molecule has 2 nitrogen and oxygen atoms in total. The van der Waals surface area contributed by atoms with Crippen molar-refractivity contribution >= 4 is 18.5 Å². The minimum absolute atomic E-state index is 0.192. The van der Waals surface area contributed by atoms with Crippen LogP contribution < -0.4 is 0 Å². The largest absolute Gasteiger partial charge is 0.339 e. The molecule has 0 heterocycles. The van der Waals surface area contributed by atoms with Crippen molar-refractivity contribution in [3.05, 3.63) is 0 Å². The van der Waals surface area contributed by atoms with Crippen LogP contribution in [-0.4, -0.2) is 29.1 Å². The maximum absolute atomic E-state index is 11.5. The van der Waals surface area contributed by atoms with Gasteiger partial charge in [-0.15, -0.1) is 0 Å². The van der Waals surface area contributed by atoms with E-state index in [9.17, 15) is 4.79 Å². The molecule has 1 fully saturated rings. The number of hydrogen-bond donors (Lipinski definition) is 1. The molecule has 0 atom stereocenters. The summed E-state index contributed by atoms with van der Waals surface area (Å²) in [6.45, 7) is 2.89. The lowest BCUT2D eigenvalue weighted by atomic mass is 9.94. The van der Waals surface area contributed by atoms with Crippen LogP contribution in [0.3, 0.4) is 0 Å². The molecule has 1 aliphatic rings. The molecular formula is C10H19NOS. The van der Waals surface area contributed by atoms with Gasteiger partial charge in [0.05, 0.1) is 5.75 Å². The molecule has 76 valence electrons. The molecule has 0 saturated heterocycles. The maximum Gasteiger partial charge on any atom is 0.232 e. The average Bonchev–Trinajstić information content (AvgIpc) is 2.20. The van der Waals surface area contributed by atoms with Gasteiger partial charge in [0.2, 0.25) is 5.91 Å². The second-order valence-corrected chi connectivity index (χ2v) is 3.95. The summed E-state index contributed by atoms with van der Waals surface area (Å²) in [6.07, 6.45) is 6.27. The summed E-state index contributed by atoms with van der Waals surface area (Å²) in [5, 5.41) is 0.